The van der Waals surface area contributed by atoms with Gasteiger partial charge in [-0.15, -0.1) is 0 Å². The molecule has 0 aliphatic carbocycles. The molecule has 0 unspecified atom stereocenters. The highest BCUT2D eigenvalue weighted by molar-refractivity contribution is 7.89. The minimum absolute atomic E-state index is 0.0478. The zero-order chi connectivity index (χ0) is 13.5. The Bertz CT molecular complexity index is 584. The van der Waals surface area contributed by atoms with Crippen LogP contribution in [-0.2, 0) is 14.8 Å². The van der Waals surface area contributed by atoms with E-state index in [0.29, 0.717) is 26.3 Å². The Balaban J connectivity index is 1.86. The van der Waals surface area contributed by atoms with Crippen molar-refractivity contribution in [3.8, 4) is 0 Å². The van der Waals surface area contributed by atoms with Gasteiger partial charge in [0.05, 0.1) is 12.8 Å². The normalized spacial score (nSPS) is 28.3. The Hall–Kier alpha value is -1.05. The third-order valence-electron chi connectivity index (χ3n) is 3.91. The van der Waals surface area contributed by atoms with Gasteiger partial charge < -0.3 is 4.74 Å². The van der Waals surface area contributed by atoms with Gasteiger partial charge in [0.25, 0.3) is 0 Å². The maximum absolute atomic E-state index is 13.1. The maximum atomic E-state index is 13.1. The van der Waals surface area contributed by atoms with Crippen molar-refractivity contribution in [2.75, 3.05) is 26.3 Å². The highest BCUT2D eigenvalue weighted by atomic mass is 32.2. The highest BCUT2D eigenvalue weighted by Gasteiger charge is 2.45. The Kier molecular flexibility index (Phi) is 3.07. The lowest BCUT2D eigenvalue weighted by Gasteiger charge is -2.21. The van der Waals surface area contributed by atoms with Crippen LogP contribution in [0, 0.1) is 11.2 Å². The molecule has 1 aromatic rings. The number of pyridine rings is 1. The Labute approximate surface area is 111 Å². The van der Waals surface area contributed by atoms with Crippen LogP contribution in [0.2, 0.25) is 0 Å². The van der Waals surface area contributed by atoms with Crippen LogP contribution in [0.1, 0.15) is 12.8 Å². The van der Waals surface area contributed by atoms with Gasteiger partial charge in [-0.1, -0.05) is 0 Å². The number of hydrogen-bond donors (Lipinski definition) is 0. The third kappa shape index (κ3) is 2.26. The molecule has 5 nitrogen and oxygen atoms in total. The number of sulfonamides is 1. The maximum Gasteiger partial charge on any atom is 0.244 e. The first kappa shape index (κ1) is 13.0. The molecule has 0 N–H and O–H groups in total. The Morgan fingerprint density at radius 1 is 1.37 bits per heavy atom. The highest BCUT2D eigenvalue weighted by Crippen LogP contribution is 2.40. The van der Waals surface area contributed by atoms with Crippen molar-refractivity contribution in [2.45, 2.75) is 17.7 Å². The summed E-state index contributed by atoms with van der Waals surface area (Å²) in [6.45, 7) is 2.21. The van der Waals surface area contributed by atoms with E-state index in [1.807, 2.05) is 0 Å². The summed E-state index contributed by atoms with van der Waals surface area (Å²) in [5.41, 5.74) is -0.0478. The Morgan fingerprint density at radius 2 is 2.21 bits per heavy atom. The van der Waals surface area contributed by atoms with E-state index in [4.69, 9.17) is 4.74 Å². The molecule has 7 heteroatoms. The van der Waals surface area contributed by atoms with Gasteiger partial charge in [0.1, 0.15) is 10.7 Å². The molecule has 0 bridgehead atoms. The summed E-state index contributed by atoms with van der Waals surface area (Å²) in [6.07, 6.45) is 3.87. The van der Waals surface area contributed by atoms with Gasteiger partial charge in [-0.05, 0) is 18.9 Å². The fourth-order valence-corrected chi connectivity index (χ4v) is 4.28. The van der Waals surface area contributed by atoms with Gasteiger partial charge in [-0.25, -0.2) is 12.8 Å². The quantitative estimate of drug-likeness (QED) is 0.814. The molecule has 0 aromatic carbocycles. The number of rotatable bonds is 2. The molecular formula is C12H15FN2O3S. The molecule has 0 radical (unpaired) electrons. The lowest BCUT2D eigenvalue weighted by atomic mass is 9.87. The Morgan fingerprint density at radius 3 is 2.89 bits per heavy atom. The second kappa shape index (κ2) is 4.50. The second-order valence-corrected chi connectivity index (χ2v) is 7.17. The fraction of sp³-hybridized carbons (Fsp3) is 0.583. The van der Waals surface area contributed by atoms with Crippen molar-refractivity contribution in [2.24, 2.45) is 5.41 Å². The third-order valence-corrected chi connectivity index (χ3v) is 5.72. The molecule has 1 aromatic heterocycles. The van der Waals surface area contributed by atoms with E-state index in [1.54, 1.807) is 0 Å². The van der Waals surface area contributed by atoms with Crippen LogP contribution in [0.3, 0.4) is 0 Å². The molecule has 104 valence electrons. The van der Waals surface area contributed by atoms with Gasteiger partial charge in [-0.2, -0.15) is 4.31 Å². The average molecular weight is 286 g/mol. The van der Waals surface area contributed by atoms with Crippen molar-refractivity contribution >= 4 is 10.0 Å². The summed E-state index contributed by atoms with van der Waals surface area (Å²) >= 11 is 0. The first-order valence-electron chi connectivity index (χ1n) is 6.20. The number of halogens is 1. The van der Waals surface area contributed by atoms with Crippen molar-refractivity contribution in [1.82, 2.24) is 9.29 Å². The van der Waals surface area contributed by atoms with E-state index in [-0.39, 0.29) is 10.3 Å². The topological polar surface area (TPSA) is 59.5 Å². The molecule has 3 rings (SSSR count). The van der Waals surface area contributed by atoms with Crippen LogP contribution in [0.15, 0.2) is 23.4 Å². The lowest BCUT2D eigenvalue weighted by molar-refractivity contribution is 0.157. The van der Waals surface area contributed by atoms with Crippen molar-refractivity contribution in [3.05, 3.63) is 24.3 Å². The average Bonchev–Trinajstić information content (AvgIpc) is 3.01. The summed E-state index contributed by atoms with van der Waals surface area (Å²) in [5.74, 6) is -0.640. The summed E-state index contributed by atoms with van der Waals surface area (Å²) in [5, 5.41) is 0. The molecule has 2 aliphatic heterocycles. The van der Waals surface area contributed by atoms with Crippen molar-refractivity contribution in [3.63, 3.8) is 0 Å². The monoisotopic (exact) mass is 286 g/mol. The van der Waals surface area contributed by atoms with Gasteiger partial charge in [-0.3, -0.25) is 4.98 Å². The van der Waals surface area contributed by atoms with E-state index in [9.17, 15) is 12.8 Å². The van der Waals surface area contributed by atoms with E-state index >= 15 is 0 Å². The molecule has 19 heavy (non-hydrogen) atoms. The van der Waals surface area contributed by atoms with Crippen LogP contribution < -0.4 is 0 Å². The largest absolute Gasteiger partial charge is 0.381 e. The van der Waals surface area contributed by atoms with Crippen LogP contribution in [-0.4, -0.2) is 44.0 Å². The molecule has 1 spiro atoms. The lowest BCUT2D eigenvalue weighted by Crippen LogP contribution is -2.32. The van der Waals surface area contributed by atoms with Crippen molar-refractivity contribution < 1.29 is 17.5 Å². The van der Waals surface area contributed by atoms with Gasteiger partial charge in [0, 0.05) is 31.3 Å². The molecule has 2 saturated heterocycles. The number of ether oxygens (including phenoxy) is 1. The molecule has 2 aliphatic rings. The molecule has 1 atom stereocenters. The predicted molar refractivity (Wildman–Crippen MR) is 65.4 cm³/mol. The predicted octanol–water partition coefficient (Wildman–Crippen LogP) is 1.02. The standard InChI is InChI=1S/C12H15FN2O3S/c13-10-5-11(7-14-6-10)19(16,17)15-3-1-12(8-15)2-4-18-9-12/h5-7H,1-4,8-9H2/t12-/m1/s1. The van der Waals surface area contributed by atoms with Crippen LogP contribution >= 0.6 is 0 Å². The van der Waals surface area contributed by atoms with Crippen molar-refractivity contribution in [1.29, 1.82) is 0 Å². The first-order chi connectivity index (χ1) is 9.02. The minimum atomic E-state index is -3.65. The first-order valence-corrected chi connectivity index (χ1v) is 7.64. The smallest absolute Gasteiger partial charge is 0.244 e. The van der Waals surface area contributed by atoms with E-state index in [2.05, 4.69) is 4.98 Å². The van der Waals surface area contributed by atoms with Crippen LogP contribution in [0.4, 0.5) is 4.39 Å². The molecule has 2 fully saturated rings. The fourth-order valence-electron chi connectivity index (χ4n) is 2.75. The summed E-state index contributed by atoms with van der Waals surface area (Å²) in [4.78, 5) is 3.53. The van der Waals surface area contributed by atoms with Crippen LogP contribution in [0.25, 0.3) is 0 Å². The van der Waals surface area contributed by atoms with E-state index in [1.165, 1.54) is 10.5 Å². The summed E-state index contributed by atoms with van der Waals surface area (Å²) in [6, 6.07) is 1.01. The van der Waals surface area contributed by atoms with Gasteiger partial charge >= 0.3 is 0 Å². The van der Waals surface area contributed by atoms with E-state index < -0.39 is 15.8 Å². The van der Waals surface area contributed by atoms with Gasteiger partial charge in [0.2, 0.25) is 10.0 Å². The minimum Gasteiger partial charge on any atom is -0.381 e. The summed E-state index contributed by atoms with van der Waals surface area (Å²) in [7, 11) is -3.65. The molecular weight excluding hydrogens is 271 g/mol. The second-order valence-electron chi connectivity index (χ2n) is 5.23. The van der Waals surface area contributed by atoms with Gasteiger partial charge in [0.15, 0.2) is 0 Å². The zero-order valence-corrected chi connectivity index (χ0v) is 11.2. The van der Waals surface area contributed by atoms with E-state index in [0.717, 1.165) is 25.1 Å². The van der Waals surface area contributed by atoms with Crippen LogP contribution in [0.5, 0.6) is 0 Å². The number of nitrogens with zero attached hydrogens (tertiary/aromatic N) is 2. The SMILES string of the molecule is O=S(=O)(c1cncc(F)c1)N1CC[C@@]2(CCOC2)C1. The molecule has 0 amide bonds. The molecule has 0 saturated carbocycles. The molecule has 3 heterocycles. The number of hydrogen-bond acceptors (Lipinski definition) is 4. The summed E-state index contributed by atoms with van der Waals surface area (Å²) < 4.78 is 44.7. The zero-order valence-electron chi connectivity index (χ0n) is 10.4. The number of aromatic nitrogens is 1.